The summed E-state index contributed by atoms with van der Waals surface area (Å²) in [5.74, 6) is 1.77. The summed E-state index contributed by atoms with van der Waals surface area (Å²) in [6.07, 6.45) is 6.31. The zero-order valence-electron chi connectivity index (χ0n) is 24.8. The van der Waals surface area contributed by atoms with E-state index < -0.39 is 0 Å². The Balaban J connectivity index is 1.75. The molecule has 0 aromatic heterocycles. The van der Waals surface area contributed by atoms with Gasteiger partial charge < -0.3 is 9.80 Å². The number of aryl methyl sites for hydroxylation is 1. The van der Waals surface area contributed by atoms with E-state index in [1.165, 1.54) is 75.4 Å². The SMILES string of the molecule is CCCCCCc1ccc2c3c(cccc13)-c1c(CSC(=S)N(CC)CC)ccc(CSC(=S)N(CC)CC)c1-2. The maximum Gasteiger partial charge on any atom is 0.136 e. The lowest BCUT2D eigenvalue weighted by molar-refractivity contribution is 0.482. The Hall–Kier alpha value is -1.60. The van der Waals surface area contributed by atoms with Crippen LogP contribution in [0, 0.1) is 0 Å². The molecule has 4 rings (SSSR count). The summed E-state index contributed by atoms with van der Waals surface area (Å²) >= 11 is 15.2. The van der Waals surface area contributed by atoms with Crippen LogP contribution in [0.4, 0.5) is 0 Å². The number of fused-ring (bicyclic) bond motifs is 3. The Labute approximate surface area is 261 Å². The first-order valence-corrected chi connectivity index (χ1v) is 17.8. The monoisotopic (exact) mass is 608 g/mol. The first-order valence-electron chi connectivity index (χ1n) is 15.0. The normalized spacial score (nSPS) is 11.6. The topological polar surface area (TPSA) is 6.48 Å². The van der Waals surface area contributed by atoms with Gasteiger partial charge in [0, 0.05) is 37.7 Å². The first kappa shape index (κ1) is 31.3. The number of hydrogen-bond acceptors (Lipinski definition) is 4. The third-order valence-electron chi connectivity index (χ3n) is 8.09. The molecule has 3 aromatic rings. The van der Waals surface area contributed by atoms with Crippen molar-refractivity contribution in [1.29, 1.82) is 0 Å². The van der Waals surface area contributed by atoms with Gasteiger partial charge in [-0.25, -0.2) is 0 Å². The average Bonchev–Trinajstić information content (AvgIpc) is 3.32. The largest absolute Gasteiger partial charge is 0.358 e. The van der Waals surface area contributed by atoms with Gasteiger partial charge in [0.1, 0.15) is 8.64 Å². The molecule has 0 radical (unpaired) electrons. The van der Waals surface area contributed by atoms with Gasteiger partial charge in [-0.3, -0.25) is 0 Å². The van der Waals surface area contributed by atoms with E-state index in [4.69, 9.17) is 24.4 Å². The van der Waals surface area contributed by atoms with Crippen molar-refractivity contribution in [2.45, 2.75) is 78.2 Å². The Morgan fingerprint density at radius 1 is 0.625 bits per heavy atom. The van der Waals surface area contributed by atoms with Gasteiger partial charge in [-0.1, -0.05) is 117 Å². The van der Waals surface area contributed by atoms with Gasteiger partial charge in [-0.2, -0.15) is 0 Å². The van der Waals surface area contributed by atoms with E-state index in [9.17, 15) is 0 Å². The standard InChI is InChI=1S/C34H44N2S4/c1-6-11-12-13-15-24-20-21-29-31-26(23-40-34(38)36(9-4)10-5)19-18-25(22-39-33(37)35(7-2)8-3)30(31)28-17-14-16-27(24)32(28)29/h14,16-21H,6-13,15,22-23H2,1-5H3. The second-order valence-corrected chi connectivity index (χ2v) is 13.6. The van der Waals surface area contributed by atoms with E-state index in [0.717, 1.165) is 52.7 Å². The first-order chi connectivity index (χ1) is 19.5. The second kappa shape index (κ2) is 15.0. The summed E-state index contributed by atoms with van der Waals surface area (Å²) < 4.78 is 1.98. The molecule has 2 nitrogen and oxygen atoms in total. The van der Waals surface area contributed by atoms with Crippen LogP contribution in [0.15, 0.2) is 42.5 Å². The van der Waals surface area contributed by atoms with E-state index in [2.05, 4.69) is 86.9 Å². The van der Waals surface area contributed by atoms with Crippen LogP contribution in [0.25, 0.3) is 33.0 Å². The molecule has 0 heterocycles. The number of hydrogen-bond donors (Lipinski definition) is 0. The molecule has 0 bridgehead atoms. The zero-order chi connectivity index (χ0) is 28.6. The predicted octanol–water partition coefficient (Wildman–Crippen LogP) is 10.3. The fraction of sp³-hybridized carbons (Fsp3) is 0.471. The number of unbranched alkanes of at least 4 members (excludes halogenated alkanes) is 3. The highest BCUT2D eigenvalue weighted by molar-refractivity contribution is 8.22. The zero-order valence-corrected chi connectivity index (χ0v) is 28.1. The number of thiocarbonyl (C=S) groups is 2. The highest BCUT2D eigenvalue weighted by atomic mass is 32.2. The van der Waals surface area contributed by atoms with Crippen molar-refractivity contribution in [1.82, 2.24) is 9.80 Å². The molecule has 0 amide bonds. The minimum Gasteiger partial charge on any atom is -0.358 e. The van der Waals surface area contributed by atoms with Crippen molar-refractivity contribution in [3.8, 4) is 22.3 Å². The minimum atomic E-state index is 0.886. The molecule has 0 N–H and O–H groups in total. The van der Waals surface area contributed by atoms with Crippen molar-refractivity contribution >= 4 is 67.4 Å². The van der Waals surface area contributed by atoms with E-state index in [0.29, 0.717) is 0 Å². The molecule has 0 spiro atoms. The Bertz CT molecular complexity index is 1280. The van der Waals surface area contributed by atoms with Crippen LogP contribution in [-0.2, 0) is 17.9 Å². The minimum absolute atomic E-state index is 0.886. The predicted molar refractivity (Wildman–Crippen MR) is 190 cm³/mol. The molecule has 40 heavy (non-hydrogen) atoms. The van der Waals surface area contributed by atoms with Crippen molar-refractivity contribution < 1.29 is 0 Å². The Kier molecular flexibility index (Phi) is 11.8. The summed E-state index contributed by atoms with van der Waals surface area (Å²) in [7, 11) is 0. The third kappa shape index (κ3) is 6.72. The van der Waals surface area contributed by atoms with Crippen LogP contribution in [0.3, 0.4) is 0 Å². The van der Waals surface area contributed by atoms with Crippen LogP contribution < -0.4 is 0 Å². The summed E-state index contributed by atoms with van der Waals surface area (Å²) in [6.45, 7) is 14.8. The van der Waals surface area contributed by atoms with Crippen molar-refractivity contribution in [2.24, 2.45) is 0 Å². The average molecular weight is 609 g/mol. The fourth-order valence-corrected chi connectivity index (χ4v) is 8.60. The molecule has 0 atom stereocenters. The lowest BCUT2D eigenvalue weighted by Crippen LogP contribution is -2.26. The Morgan fingerprint density at radius 3 is 1.68 bits per heavy atom. The molecule has 3 aromatic carbocycles. The molecule has 0 fully saturated rings. The maximum atomic E-state index is 5.82. The maximum absolute atomic E-state index is 5.82. The number of benzene rings is 3. The van der Waals surface area contributed by atoms with Crippen molar-refractivity contribution in [3.05, 3.63) is 59.2 Å². The van der Waals surface area contributed by atoms with Crippen LogP contribution in [0.5, 0.6) is 0 Å². The fourth-order valence-electron chi connectivity index (χ4n) is 5.81. The van der Waals surface area contributed by atoms with Gasteiger partial charge in [0.15, 0.2) is 0 Å². The summed E-state index contributed by atoms with van der Waals surface area (Å²) in [5.41, 5.74) is 9.84. The van der Waals surface area contributed by atoms with E-state index in [1.807, 2.05) is 0 Å². The summed E-state index contributed by atoms with van der Waals surface area (Å²) in [5, 5.41) is 2.86. The molecule has 0 saturated heterocycles. The van der Waals surface area contributed by atoms with Crippen LogP contribution >= 0.6 is 48.0 Å². The van der Waals surface area contributed by atoms with E-state index >= 15 is 0 Å². The second-order valence-electron chi connectivity index (χ2n) is 10.4. The van der Waals surface area contributed by atoms with E-state index in [1.54, 1.807) is 23.5 Å². The molecule has 214 valence electrons. The molecule has 6 heteroatoms. The van der Waals surface area contributed by atoms with Gasteiger partial charge >= 0.3 is 0 Å². The Morgan fingerprint density at radius 2 is 1.15 bits per heavy atom. The molecule has 1 aliphatic carbocycles. The highest BCUT2D eigenvalue weighted by Gasteiger charge is 2.28. The lowest BCUT2D eigenvalue weighted by Gasteiger charge is -2.22. The number of rotatable bonds is 13. The van der Waals surface area contributed by atoms with Crippen LogP contribution in [0.1, 0.15) is 77.0 Å². The third-order valence-corrected chi connectivity index (χ3v) is 11.2. The summed E-state index contributed by atoms with van der Waals surface area (Å²) in [6, 6.07) is 16.5. The number of nitrogens with zero attached hydrogens (tertiary/aromatic N) is 2. The molecular weight excluding hydrogens is 565 g/mol. The van der Waals surface area contributed by atoms with Crippen LogP contribution in [0.2, 0.25) is 0 Å². The molecular formula is C34H44N2S4. The van der Waals surface area contributed by atoms with Gasteiger partial charge in [-0.15, -0.1) is 0 Å². The van der Waals surface area contributed by atoms with Gasteiger partial charge in [-0.05, 0) is 90.3 Å². The van der Waals surface area contributed by atoms with Gasteiger partial charge in [0.25, 0.3) is 0 Å². The van der Waals surface area contributed by atoms with Gasteiger partial charge in [0.2, 0.25) is 0 Å². The smallest absolute Gasteiger partial charge is 0.136 e. The molecule has 0 saturated carbocycles. The van der Waals surface area contributed by atoms with Crippen LogP contribution in [-0.4, -0.2) is 44.6 Å². The number of thioether (sulfide) groups is 2. The van der Waals surface area contributed by atoms with Crippen molar-refractivity contribution in [2.75, 3.05) is 26.2 Å². The molecule has 0 unspecified atom stereocenters. The van der Waals surface area contributed by atoms with Crippen molar-refractivity contribution in [3.63, 3.8) is 0 Å². The molecule has 1 aliphatic rings. The van der Waals surface area contributed by atoms with E-state index in [-0.39, 0.29) is 0 Å². The van der Waals surface area contributed by atoms with Gasteiger partial charge in [0.05, 0.1) is 0 Å². The molecule has 0 aliphatic heterocycles. The lowest BCUT2D eigenvalue weighted by atomic mass is 9.94. The highest BCUT2D eigenvalue weighted by Crippen LogP contribution is 2.52. The quantitative estimate of drug-likeness (QED) is 0.109. The summed E-state index contributed by atoms with van der Waals surface area (Å²) in [4.78, 5) is 4.55.